The van der Waals surface area contributed by atoms with Crippen LogP contribution in [0.3, 0.4) is 0 Å². The third-order valence-corrected chi connectivity index (χ3v) is 2.71. The van der Waals surface area contributed by atoms with Crippen LogP contribution < -0.4 is 14.8 Å². The molecule has 23 heavy (non-hydrogen) atoms. The molecular weight excluding hydrogens is 298 g/mol. The molecule has 0 heterocycles. The van der Waals surface area contributed by atoms with Crippen molar-refractivity contribution < 1.29 is 23.8 Å². The normalized spacial score (nSPS) is 10.8. The number of carbonyl (C=O) groups is 2. The van der Waals surface area contributed by atoms with Gasteiger partial charge >= 0.3 is 5.97 Å². The van der Waals surface area contributed by atoms with Gasteiger partial charge in [-0.15, -0.1) is 0 Å². The molecule has 0 aliphatic carbocycles. The number of hydrogen-bond acceptors (Lipinski definition) is 5. The molecule has 6 nitrogen and oxygen atoms in total. The van der Waals surface area contributed by atoms with E-state index >= 15 is 0 Å². The highest BCUT2D eigenvalue weighted by Gasteiger charge is 2.17. The number of carbonyl (C=O) groups excluding carboxylic acids is 2. The van der Waals surface area contributed by atoms with Crippen molar-refractivity contribution in [3.63, 3.8) is 0 Å². The van der Waals surface area contributed by atoms with Gasteiger partial charge in [0.05, 0.1) is 19.3 Å². The van der Waals surface area contributed by atoms with Crippen molar-refractivity contribution in [2.45, 2.75) is 39.7 Å². The van der Waals surface area contributed by atoms with Crippen LogP contribution in [-0.2, 0) is 9.53 Å². The third-order valence-electron chi connectivity index (χ3n) is 2.71. The summed E-state index contributed by atoms with van der Waals surface area (Å²) < 4.78 is 15.7. The number of nitrogens with one attached hydrogen (secondary N) is 1. The fourth-order valence-corrected chi connectivity index (χ4v) is 1.79. The predicted molar refractivity (Wildman–Crippen MR) is 87.0 cm³/mol. The minimum Gasteiger partial charge on any atom is -0.493 e. The number of benzene rings is 1. The molecule has 0 fully saturated rings. The molecule has 1 amide bonds. The summed E-state index contributed by atoms with van der Waals surface area (Å²) in [6, 6.07) is 4.77. The number of esters is 1. The molecule has 128 valence electrons. The Morgan fingerprint density at radius 2 is 1.87 bits per heavy atom. The van der Waals surface area contributed by atoms with Crippen molar-refractivity contribution in [1.82, 2.24) is 5.32 Å². The van der Waals surface area contributed by atoms with Crippen molar-refractivity contribution in [2.75, 3.05) is 20.3 Å². The molecule has 0 aliphatic heterocycles. The molecule has 6 heteroatoms. The van der Waals surface area contributed by atoms with Gasteiger partial charge in [-0.25, -0.2) is 4.79 Å². The average Bonchev–Trinajstić information content (AvgIpc) is 2.48. The molecule has 0 spiro atoms. The highest BCUT2D eigenvalue weighted by Crippen LogP contribution is 2.28. The zero-order chi connectivity index (χ0) is 17.5. The largest absolute Gasteiger partial charge is 0.493 e. The predicted octanol–water partition coefficient (Wildman–Crippen LogP) is 2.56. The Balaban J connectivity index is 2.67. The first kappa shape index (κ1) is 18.8. The van der Waals surface area contributed by atoms with Crippen molar-refractivity contribution in [2.24, 2.45) is 0 Å². The van der Waals surface area contributed by atoms with Gasteiger partial charge in [0.1, 0.15) is 0 Å². The van der Waals surface area contributed by atoms with E-state index in [1.807, 2.05) is 27.7 Å². The summed E-state index contributed by atoms with van der Waals surface area (Å²) in [5, 5.41) is 2.72. The minimum absolute atomic E-state index is 0.300. The second-order valence-corrected chi connectivity index (χ2v) is 6.09. The highest BCUT2D eigenvalue weighted by molar-refractivity contribution is 5.92. The Hall–Kier alpha value is -2.24. The summed E-state index contributed by atoms with van der Waals surface area (Å²) in [5.74, 6) is 0.0820. The van der Waals surface area contributed by atoms with Gasteiger partial charge in [-0.3, -0.25) is 4.79 Å². The second kappa shape index (κ2) is 8.41. The van der Waals surface area contributed by atoms with Crippen LogP contribution in [0.15, 0.2) is 18.2 Å². The number of methoxy groups -OCH3 is 1. The molecule has 0 aliphatic rings. The number of hydrogen-bond donors (Lipinski definition) is 1. The van der Waals surface area contributed by atoms with Crippen molar-refractivity contribution >= 4 is 11.9 Å². The van der Waals surface area contributed by atoms with Gasteiger partial charge < -0.3 is 19.5 Å². The van der Waals surface area contributed by atoms with Crippen LogP contribution in [0.1, 0.15) is 44.5 Å². The first-order valence-corrected chi connectivity index (χ1v) is 7.55. The fraction of sp³-hybridized carbons (Fsp3) is 0.529. The van der Waals surface area contributed by atoms with Crippen LogP contribution in [0.5, 0.6) is 11.5 Å². The molecule has 0 aromatic heterocycles. The van der Waals surface area contributed by atoms with E-state index in [1.165, 1.54) is 13.2 Å². The summed E-state index contributed by atoms with van der Waals surface area (Å²) >= 11 is 0. The Bertz CT molecular complexity index is 548. The first-order chi connectivity index (χ1) is 10.8. The van der Waals surface area contributed by atoms with E-state index in [-0.39, 0.29) is 18.1 Å². The van der Waals surface area contributed by atoms with E-state index < -0.39 is 5.97 Å². The van der Waals surface area contributed by atoms with Crippen molar-refractivity contribution in [3.8, 4) is 11.5 Å². The number of rotatable bonds is 7. The van der Waals surface area contributed by atoms with Crippen LogP contribution in [0.2, 0.25) is 0 Å². The Morgan fingerprint density at radius 3 is 2.43 bits per heavy atom. The van der Waals surface area contributed by atoms with Crippen LogP contribution >= 0.6 is 0 Å². The summed E-state index contributed by atoms with van der Waals surface area (Å²) in [6.07, 6.45) is 0.871. The van der Waals surface area contributed by atoms with Gasteiger partial charge in [0.15, 0.2) is 18.1 Å². The molecule has 0 bridgehead atoms. The fourth-order valence-electron chi connectivity index (χ4n) is 1.79. The quantitative estimate of drug-likeness (QED) is 0.781. The maximum Gasteiger partial charge on any atom is 0.338 e. The molecule has 1 rings (SSSR count). The topological polar surface area (TPSA) is 73.9 Å². The van der Waals surface area contributed by atoms with E-state index in [0.717, 1.165) is 6.42 Å². The van der Waals surface area contributed by atoms with E-state index in [0.29, 0.717) is 23.7 Å². The molecule has 0 radical (unpaired) electrons. The molecule has 1 aromatic carbocycles. The molecule has 1 N–H and O–H groups in total. The van der Waals surface area contributed by atoms with Gasteiger partial charge in [-0.2, -0.15) is 0 Å². The Labute approximate surface area is 137 Å². The Kier molecular flexibility index (Phi) is 6.88. The van der Waals surface area contributed by atoms with Crippen molar-refractivity contribution in [1.29, 1.82) is 0 Å². The maximum absolute atomic E-state index is 12.0. The summed E-state index contributed by atoms with van der Waals surface area (Å²) in [5.41, 5.74) is -0.0698. The SMILES string of the molecule is CCCOc1ccc(C(=O)OCC(=O)NC(C)(C)C)cc1OC. The lowest BCUT2D eigenvalue weighted by Gasteiger charge is -2.20. The molecule has 1 aromatic rings. The summed E-state index contributed by atoms with van der Waals surface area (Å²) in [6.45, 7) is 7.80. The monoisotopic (exact) mass is 323 g/mol. The molecular formula is C17H25NO5. The lowest BCUT2D eigenvalue weighted by atomic mass is 10.1. The van der Waals surface area contributed by atoms with E-state index in [9.17, 15) is 9.59 Å². The van der Waals surface area contributed by atoms with Gasteiger partial charge in [0.25, 0.3) is 5.91 Å². The maximum atomic E-state index is 12.0. The number of ether oxygens (including phenoxy) is 3. The summed E-state index contributed by atoms with van der Waals surface area (Å²) in [7, 11) is 1.50. The van der Waals surface area contributed by atoms with Gasteiger partial charge in [-0.05, 0) is 45.4 Å². The third kappa shape index (κ3) is 6.59. The van der Waals surface area contributed by atoms with E-state index in [4.69, 9.17) is 14.2 Å². The van der Waals surface area contributed by atoms with E-state index in [2.05, 4.69) is 5.32 Å². The zero-order valence-corrected chi connectivity index (χ0v) is 14.4. The molecule has 0 saturated heterocycles. The van der Waals surface area contributed by atoms with Gasteiger partial charge in [0, 0.05) is 5.54 Å². The lowest BCUT2D eigenvalue weighted by Crippen LogP contribution is -2.42. The van der Waals surface area contributed by atoms with E-state index in [1.54, 1.807) is 12.1 Å². The van der Waals surface area contributed by atoms with Gasteiger partial charge in [0.2, 0.25) is 0 Å². The van der Waals surface area contributed by atoms with Crippen molar-refractivity contribution in [3.05, 3.63) is 23.8 Å². The Morgan fingerprint density at radius 1 is 1.17 bits per heavy atom. The lowest BCUT2D eigenvalue weighted by molar-refractivity contribution is -0.125. The van der Waals surface area contributed by atoms with Gasteiger partial charge in [-0.1, -0.05) is 6.92 Å². The number of amides is 1. The summed E-state index contributed by atoms with van der Waals surface area (Å²) in [4.78, 5) is 23.7. The minimum atomic E-state index is -0.589. The van der Waals surface area contributed by atoms with Crippen LogP contribution in [-0.4, -0.2) is 37.7 Å². The van der Waals surface area contributed by atoms with Crippen LogP contribution in [0.4, 0.5) is 0 Å². The molecule has 0 saturated carbocycles. The molecule has 0 unspecified atom stereocenters. The molecule has 0 atom stereocenters. The standard InChI is InChI=1S/C17H25NO5/c1-6-9-22-13-8-7-12(10-14(13)21-5)16(20)23-11-15(19)18-17(2,3)4/h7-8,10H,6,9,11H2,1-5H3,(H,18,19). The second-order valence-electron chi connectivity index (χ2n) is 6.09. The smallest absolute Gasteiger partial charge is 0.338 e. The van der Waals surface area contributed by atoms with Crippen LogP contribution in [0, 0.1) is 0 Å². The highest BCUT2D eigenvalue weighted by atomic mass is 16.5. The first-order valence-electron chi connectivity index (χ1n) is 7.55. The van der Waals surface area contributed by atoms with Crippen LogP contribution in [0.25, 0.3) is 0 Å². The zero-order valence-electron chi connectivity index (χ0n) is 14.4. The average molecular weight is 323 g/mol.